The minimum absolute atomic E-state index is 0.654. The number of methoxy groups -OCH3 is 1. The topological polar surface area (TPSA) is 24.5 Å². The Morgan fingerprint density at radius 2 is 2.06 bits per heavy atom. The molecule has 3 heteroatoms. The fourth-order valence-electron chi connectivity index (χ4n) is 2.19. The van der Waals surface area contributed by atoms with Gasteiger partial charge in [0.2, 0.25) is 0 Å². The lowest BCUT2D eigenvalue weighted by molar-refractivity contribution is 0.0977. The molecule has 0 spiro atoms. The second-order valence-electron chi connectivity index (χ2n) is 4.99. The van der Waals surface area contributed by atoms with Gasteiger partial charge in [-0.25, -0.2) is 0 Å². The van der Waals surface area contributed by atoms with Crippen LogP contribution < -0.4 is 5.32 Å². The Balaban J connectivity index is 2.36. The molecule has 0 aliphatic heterocycles. The van der Waals surface area contributed by atoms with E-state index >= 15 is 0 Å². The van der Waals surface area contributed by atoms with Crippen LogP contribution in [0.15, 0.2) is 0 Å². The van der Waals surface area contributed by atoms with Crippen molar-refractivity contribution in [3.05, 3.63) is 0 Å². The van der Waals surface area contributed by atoms with Gasteiger partial charge in [0, 0.05) is 25.7 Å². The van der Waals surface area contributed by atoms with Crippen molar-refractivity contribution in [3.8, 4) is 0 Å². The first-order chi connectivity index (χ1) is 7.70. The zero-order valence-corrected chi connectivity index (χ0v) is 11.3. The summed E-state index contributed by atoms with van der Waals surface area (Å²) in [5.74, 6) is 0.706. The third-order valence-corrected chi connectivity index (χ3v) is 3.63. The molecule has 0 bridgehead atoms. The quantitative estimate of drug-likeness (QED) is 0.650. The summed E-state index contributed by atoms with van der Waals surface area (Å²) in [6.45, 7) is 11.0. The van der Waals surface area contributed by atoms with Crippen LogP contribution in [0.4, 0.5) is 0 Å². The molecule has 2 atom stereocenters. The molecule has 0 aromatic carbocycles. The summed E-state index contributed by atoms with van der Waals surface area (Å²) in [4.78, 5) is 2.63. The monoisotopic (exact) mass is 228 g/mol. The van der Waals surface area contributed by atoms with Gasteiger partial charge in [-0.15, -0.1) is 0 Å². The number of nitrogens with one attached hydrogen (secondary N) is 1. The fourth-order valence-corrected chi connectivity index (χ4v) is 2.19. The first-order valence-electron chi connectivity index (χ1n) is 6.66. The Kier molecular flexibility index (Phi) is 6.32. The first kappa shape index (κ1) is 13.9. The lowest BCUT2D eigenvalue weighted by Crippen LogP contribution is -2.44. The molecule has 96 valence electrons. The Hall–Kier alpha value is -0.120. The predicted molar refractivity (Wildman–Crippen MR) is 68.8 cm³/mol. The minimum atomic E-state index is 0.654. The standard InChI is InChI=1S/C13H28N2O/c1-5-14-10-11(2)12(3)15(8-9-16-4)13-6-7-13/h11-14H,5-10H2,1-4H3. The van der Waals surface area contributed by atoms with Crippen LogP contribution in [0.5, 0.6) is 0 Å². The summed E-state index contributed by atoms with van der Waals surface area (Å²) in [6, 6.07) is 1.48. The van der Waals surface area contributed by atoms with E-state index in [1.54, 1.807) is 7.11 Å². The smallest absolute Gasteiger partial charge is 0.0589 e. The van der Waals surface area contributed by atoms with Crippen molar-refractivity contribution in [2.24, 2.45) is 5.92 Å². The number of ether oxygens (including phenoxy) is 1. The summed E-state index contributed by atoms with van der Waals surface area (Å²) in [5, 5.41) is 3.44. The molecule has 1 saturated carbocycles. The van der Waals surface area contributed by atoms with E-state index in [1.165, 1.54) is 12.8 Å². The Morgan fingerprint density at radius 3 is 2.56 bits per heavy atom. The first-order valence-corrected chi connectivity index (χ1v) is 6.66. The molecule has 3 nitrogen and oxygen atoms in total. The minimum Gasteiger partial charge on any atom is -0.383 e. The van der Waals surface area contributed by atoms with E-state index in [1.807, 2.05) is 0 Å². The van der Waals surface area contributed by atoms with Gasteiger partial charge in [0.1, 0.15) is 0 Å². The van der Waals surface area contributed by atoms with E-state index in [4.69, 9.17) is 4.74 Å². The second-order valence-corrected chi connectivity index (χ2v) is 4.99. The van der Waals surface area contributed by atoms with Crippen molar-refractivity contribution >= 4 is 0 Å². The van der Waals surface area contributed by atoms with E-state index in [-0.39, 0.29) is 0 Å². The molecule has 2 unspecified atom stereocenters. The predicted octanol–water partition coefficient (Wildman–Crippen LogP) is 1.73. The second kappa shape index (κ2) is 7.25. The summed E-state index contributed by atoms with van der Waals surface area (Å²) in [7, 11) is 1.79. The number of hydrogen-bond acceptors (Lipinski definition) is 3. The highest BCUT2D eigenvalue weighted by Crippen LogP contribution is 2.30. The highest BCUT2D eigenvalue weighted by molar-refractivity contribution is 4.89. The normalized spacial score (nSPS) is 20.1. The lowest BCUT2D eigenvalue weighted by Gasteiger charge is -2.33. The van der Waals surface area contributed by atoms with Gasteiger partial charge in [0.05, 0.1) is 6.61 Å². The zero-order chi connectivity index (χ0) is 12.0. The van der Waals surface area contributed by atoms with Gasteiger partial charge in [-0.3, -0.25) is 4.90 Å². The van der Waals surface area contributed by atoms with Gasteiger partial charge in [0.15, 0.2) is 0 Å². The van der Waals surface area contributed by atoms with Crippen LogP contribution in [-0.2, 0) is 4.74 Å². The third-order valence-electron chi connectivity index (χ3n) is 3.63. The molecule has 1 aliphatic rings. The summed E-state index contributed by atoms with van der Waals surface area (Å²) < 4.78 is 5.20. The molecule has 0 aromatic rings. The fraction of sp³-hybridized carbons (Fsp3) is 1.00. The van der Waals surface area contributed by atoms with Crippen molar-refractivity contribution in [2.45, 2.75) is 45.7 Å². The number of nitrogens with zero attached hydrogens (tertiary/aromatic N) is 1. The molecule has 1 aliphatic carbocycles. The van der Waals surface area contributed by atoms with E-state index in [2.05, 4.69) is 31.0 Å². The van der Waals surface area contributed by atoms with Crippen LogP contribution in [0.25, 0.3) is 0 Å². The number of rotatable bonds is 9. The van der Waals surface area contributed by atoms with E-state index in [0.29, 0.717) is 12.0 Å². The van der Waals surface area contributed by atoms with E-state index in [0.717, 1.165) is 32.3 Å². The van der Waals surface area contributed by atoms with Crippen LogP contribution >= 0.6 is 0 Å². The highest BCUT2D eigenvalue weighted by atomic mass is 16.5. The van der Waals surface area contributed by atoms with E-state index < -0.39 is 0 Å². The molecule has 1 N–H and O–H groups in total. The molecule has 0 heterocycles. The Labute approximate surface area is 101 Å². The average Bonchev–Trinajstić information content (AvgIpc) is 3.10. The molecule has 16 heavy (non-hydrogen) atoms. The summed E-state index contributed by atoms with van der Waals surface area (Å²) >= 11 is 0. The Bertz CT molecular complexity index is 183. The SMILES string of the molecule is CCNCC(C)C(C)N(CCOC)C1CC1. The van der Waals surface area contributed by atoms with Gasteiger partial charge >= 0.3 is 0 Å². The highest BCUT2D eigenvalue weighted by Gasteiger charge is 2.33. The van der Waals surface area contributed by atoms with Crippen LogP contribution in [-0.4, -0.2) is 50.3 Å². The average molecular weight is 228 g/mol. The van der Waals surface area contributed by atoms with Gasteiger partial charge in [-0.2, -0.15) is 0 Å². The number of hydrogen-bond donors (Lipinski definition) is 1. The van der Waals surface area contributed by atoms with Gasteiger partial charge < -0.3 is 10.1 Å². The largest absolute Gasteiger partial charge is 0.383 e. The molecular weight excluding hydrogens is 200 g/mol. The molecule has 1 rings (SSSR count). The van der Waals surface area contributed by atoms with Gasteiger partial charge in [0.25, 0.3) is 0 Å². The van der Waals surface area contributed by atoms with Gasteiger partial charge in [-0.05, 0) is 38.8 Å². The van der Waals surface area contributed by atoms with Crippen LogP contribution in [0.3, 0.4) is 0 Å². The maximum Gasteiger partial charge on any atom is 0.0589 e. The van der Waals surface area contributed by atoms with Crippen molar-refractivity contribution in [1.29, 1.82) is 0 Å². The molecule has 0 saturated heterocycles. The van der Waals surface area contributed by atoms with Gasteiger partial charge in [-0.1, -0.05) is 13.8 Å². The van der Waals surface area contributed by atoms with Crippen molar-refractivity contribution < 1.29 is 4.74 Å². The maximum absolute atomic E-state index is 5.20. The molecule has 0 radical (unpaired) electrons. The molecule has 1 fully saturated rings. The van der Waals surface area contributed by atoms with Crippen LogP contribution in [0.2, 0.25) is 0 Å². The van der Waals surface area contributed by atoms with Crippen molar-refractivity contribution in [2.75, 3.05) is 33.4 Å². The summed E-state index contributed by atoms with van der Waals surface area (Å²) in [5.41, 5.74) is 0. The zero-order valence-electron chi connectivity index (χ0n) is 11.3. The third kappa shape index (κ3) is 4.40. The lowest BCUT2D eigenvalue weighted by atomic mass is 10.0. The Morgan fingerprint density at radius 1 is 1.38 bits per heavy atom. The van der Waals surface area contributed by atoms with Crippen LogP contribution in [0.1, 0.15) is 33.6 Å². The molecular formula is C13H28N2O. The maximum atomic E-state index is 5.20. The van der Waals surface area contributed by atoms with Crippen molar-refractivity contribution in [3.63, 3.8) is 0 Å². The van der Waals surface area contributed by atoms with E-state index in [9.17, 15) is 0 Å². The molecule has 0 amide bonds. The van der Waals surface area contributed by atoms with Crippen molar-refractivity contribution in [1.82, 2.24) is 10.2 Å². The molecule has 0 aromatic heterocycles. The van der Waals surface area contributed by atoms with Crippen LogP contribution in [0, 0.1) is 5.92 Å². The summed E-state index contributed by atoms with van der Waals surface area (Å²) in [6.07, 6.45) is 2.75.